The van der Waals surface area contributed by atoms with E-state index in [2.05, 4.69) is 6.92 Å². The van der Waals surface area contributed by atoms with E-state index in [4.69, 9.17) is 0 Å². The quantitative estimate of drug-likeness (QED) is 0.376. The van der Waals surface area contributed by atoms with E-state index in [9.17, 15) is 0 Å². The van der Waals surface area contributed by atoms with Crippen molar-refractivity contribution in [1.82, 2.24) is 0 Å². The first-order valence-electron chi connectivity index (χ1n) is 14.2. The molecule has 2 atom stereocenters. The third kappa shape index (κ3) is 8.57. The smallest absolute Gasteiger partial charge is 0.0406 e. The Morgan fingerprint density at radius 1 is 0.345 bits per heavy atom. The van der Waals surface area contributed by atoms with Crippen LogP contribution >= 0.6 is 0 Å². The van der Waals surface area contributed by atoms with E-state index in [1.165, 1.54) is 75.0 Å². The predicted molar refractivity (Wildman–Crippen MR) is 131 cm³/mol. The maximum Gasteiger partial charge on any atom is -0.0406 e. The molecular formula is C29H56. The number of hydrogen-bond donors (Lipinski definition) is 0. The van der Waals surface area contributed by atoms with Crippen LogP contribution in [0.15, 0.2) is 0 Å². The topological polar surface area (TPSA) is 0 Å². The summed E-state index contributed by atoms with van der Waals surface area (Å²) in [4.78, 5) is 0. The van der Waals surface area contributed by atoms with Gasteiger partial charge in [0.1, 0.15) is 0 Å². The van der Waals surface area contributed by atoms with Gasteiger partial charge in [0, 0.05) is 0 Å². The highest BCUT2D eigenvalue weighted by molar-refractivity contribution is 4.93. The molecular weight excluding hydrogens is 348 g/mol. The van der Waals surface area contributed by atoms with Crippen LogP contribution in [0.4, 0.5) is 0 Å². The summed E-state index contributed by atoms with van der Waals surface area (Å²) in [5.41, 5.74) is 0. The highest BCUT2D eigenvalue weighted by Gasteiger charge is 2.41. The monoisotopic (exact) mass is 404 g/mol. The first kappa shape index (κ1) is 25.3. The molecule has 0 aromatic carbocycles. The molecule has 7 rings (SSSR count). The van der Waals surface area contributed by atoms with E-state index in [0.29, 0.717) is 0 Å². The SMILES string of the molecule is C1C2CC3CC1CC(C2)C3.C1CCCC1.CC.CC.CC1CC2CCCC(C1)C2. The lowest BCUT2D eigenvalue weighted by atomic mass is 9.56. The molecule has 0 N–H and O–H groups in total. The van der Waals surface area contributed by atoms with Crippen LogP contribution in [0.1, 0.15) is 144 Å². The molecule has 7 aliphatic rings. The summed E-state index contributed by atoms with van der Waals surface area (Å²) in [6.07, 6.45) is 26.4. The lowest BCUT2D eigenvalue weighted by Crippen LogP contribution is -2.38. The van der Waals surface area contributed by atoms with Crippen molar-refractivity contribution in [3.63, 3.8) is 0 Å². The normalized spacial score (nSPS) is 40.7. The molecule has 0 aromatic heterocycles. The van der Waals surface area contributed by atoms with E-state index in [1.807, 2.05) is 27.7 Å². The van der Waals surface area contributed by atoms with E-state index >= 15 is 0 Å². The molecule has 7 fully saturated rings. The Bertz CT molecular complexity index is 300. The lowest BCUT2D eigenvalue weighted by molar-refractivity contribution is 0.0198. The summed E-state index contributed by atoms with van der Waals surface area (Å²) in [6.45, 7) is 10.4. The maximum absolute atomic E-state index is 2.44. The van der Waals surface area contributed by atoms with Crippen LogP contribution in [0.5, 0.6) is 0 Å². The van der Waals surface area contributed by atoms with Crippen LogP contribution in [0.25, 0.3) is 0 Å². The summed E-state index contributed by atoms with van der Waals surface area (Å²) in [5.74, 6) is 8.01. The molecule has 0 spiro atoms. The highest BCUT2D eigenvalue weighted by Crippen LogP contribution is 2.53. The van der Waals surface area contributed by atoms with Crippen molar-refractivity contribution in [2.75, 3.05) is 0 Å². The fraction of sp³-hybridized carbons (Fsp3) is 1.00. The van der Waals surface area contributed by atoms with E-state index in [-0.39, 0.29) is 0 Å². The van der Waals surface area contributed by atoms with Gasteiger partial charge in [-0.1, -0.05) is 86.0 Å². The van der Waals surface area contributed by atoms with Crippen molar-refractivity contribution in [2.24, 2.45) is 41.4 Å². The lowest BCUT2D eigenvalue weighted by Gasteiger charge is -2.49. The molecule has 0 saturated heterocycles. The standard InChI is InChI=1S/C10H16.C10H18.C5H10.2C2H6/c1-7-2-9-4-8(1)5-10(3-7)6-9;1-8-5-9-3-2-4-10(6-8)7-9;1-2-4-5-3-1;2*1-2/h7-10H,1-6H2;8-10H,2-7H2,1H3;1-5H2;2*1-2H3. The van der Waals surface area contributed by atoms with Crippen molar-refractivity contribution in [2.45, 2.75) is 144 Å². The van der Waals surface area contributed by atoms with E-state index < -0.39 is 0 Å². The zero-order chi connectivity index (χ0) is 21.1. The highest BCUT2D eigenvalue weighted by atomic mass is 14.5. The molecule has 0 heteroatoms. The molecule has 6 bridgehead atoms. The van der Waals surface area contributed by atoms with Gasteiger partial charge in [-0.05, 0) is 99.2 Å². The van der Waals surface area contributed by atoms with Crippen molar-refractivity contribution in [3.05, 3.63) is 0 Å². The van der Waals surface area contributed by atoms with Crippen molar-refractivity contribution in [3.8, 4) is 0 Å². The van der Waals surface area contributed by atoms with Crippen LogP contribution in [-0.2, 0) is 0 Å². The van der Waals surface area contributed by atoms with E-state index in [0.717, 1.165) is 17.8 Å². The van der Waals surface area contributed by atoms with Gasteiger partial charge in [0.25, 0.3) is 0 Å². The zero-order valence-electron chi connectivity index (χ0n) is 21.1. The van der Waals surface area contributed by atoms with Gasteiger partial charge < -0.3 is 0 Å². The Morgan fingerprint density at radius 2 is 0.621 bits per heavy atom. The Hall–Kier alpha value is 0. The minimum atomic E-state index is 1.05. The molecule has 0 nitrogen and oxygen atoms in total. The Kier molecular flexibility index (Phi) is 12.3. The maximum atomic E-state index is 2.44. The van der Waals surface area contributed by atoms with Crippen LogP contribution in [0.2, 0.25) is 0 Å². The van der Waals surface area contributed by atoms with Crippen molar-refractivity contribution < 1.29 is 0 Å². The summed E-state index contributed by atoms with van der Waals surface area (Å²) < 4.78 is 0. The minimum absolute atomic E-state index is 1.05. The van der Waals surface area contributed by atoms with Gasteiger partial charge in [-0.25, -0.2) is 0 Å². The second kappa shape index (κ2) is 14.1. The van der Waals surface area contributed by atoms with Gasteiger partial charge >= 0.3 is 0 Å². The molecule has 29 heavy (non-hydrogen) atoms. The van der Waals surface area contributed by atoms with Crippen molar-refractivity contribution >= 4 is 0 Å². The molecule has 0 radical (unpaired) electrons. The van der Waals surface area contributed by atoms with Gasteiger partial charge in [-0.3, -0.25) is 0 Å². The van der Waals surface area contributed by atoms with E-state index in [1.54, 1.807) is 57.8 Å². The van der Waals surface area contributed by atoms with Crippen molar-refractivity contribution in [1.29, 1.82) is 0 Å². The molecule has 2 unspecified atom stereocenters. The van der Waals surface area contributed by atoms with Gasteiger partial charge in [0.15, 0.2) is 0 Å². The molecule has 7 saturated carbocycles. The summed E-state index contributed by atoms with van der Waals surface area (Å²) in [5, 5.41) is 0. The number of rotatable bonds is 0. The first-order valence-corrected chi connectivity index (χ1v) is 14.2. The predicted octanol–water partition coefficient (Wildman–Crippen LogP) is 10.1. The van der Waals surface area contributed by atoms with Crippen LogP contribution in [-0.4, -0.2) is 0 Å². The largest absolute Gasteiger partial charge is 0.0683 e. The minimum Gasteiger partial charge on any atom is -0.0683 e. The molecule has 172 valence electrons. The molecule has 0 aromatic rings. The number of fused-ring (bicyclic) bond motifs is 2. The van der Waals surface area contributed by atoms with Crippen LogP contribution < -0.4 is 0 Å². The second-order valence-corrected chi connectivity index (χ2v) is 11.1. The molecule has 7 aliphatic carbocycles. The molecule has 0 amide bonds. The van der Waals surface area contributed by atoms with Gasteiger partial charge in [0.05, 0.1) is 0 Å². The fourth-order valence-corrected chi connectivity index (χ4v) is 7.93. The van der Waals surface area contributed by atoms with Crippen LogP contribution in [0, 0.1) is 41.4 Å². The van der Waals surface area contributed by atoms with Gasteiger partial charge in [-0.15, -0.1) is 0 Å². The average molecular weight is 405 g/mol. The summed E-state index contributed by atoms with van der Waals surface area (Å²) >= 11 is 0. The third-order valence-electron chi connectivity index (χ3n) is 8.61. The van der Waals surface area contributed by atoms with Crippen LogP contribution in [0.3, 0.4) is 0 Å². The average Bonchev–Trinajstić information content (AvgIpc) is 3.30. The Morgan fingerprint density at radius 3 is 0.931 bits per heavy atom. The number of hydrogen-bond acceptors (Lipinski definition) is 0. The second-order valence-electron chi connectivity index (χ2n) is 11.1. The zero-order valence-corrected chi connectivity index (χ0v) is 21.1. The van der Waals surface area contributed by atoms with Gasteiger partial charge in [-0.2, -0.15) is 0 Å². The fourth-order valence-electron chi connectivity index (χ4n) is 7.93. The third-order valence-corrected chi connectivity index (χ3v) is 8.61. The summed E-state index contributed by atoms with van der Waals surface area (Å²) in [7, 11) is 0. The molecule has 0 aliphatic heterocycles. The first-order chi connectivity index (χ1) is 14.2. The Balaban J connectivity index is 0.000000149. The summed E-state index contributed by atoms with van der Waals surface area (Å²) in [6, 6.07) is 0. The molecule has 0 heterocycles. The Labute approximate surface area is 185 Å². The van der Waals surface area contributed by atoms with Gasteiger partial charge in [0.2, 0.25) is 0 Å².